The maximum Gasteiger partial charge on any atom is 0.0507 e. The van der Waals surface area contributed by atoms with E-state index in [1.807, 2.05) is 6.92 Å². The Hall–Kier alpha value is -0.120. The molecule has 0 bridgehead atoms. The molecule has 1 aliphatic heterocycles. The van der Waals surface area contributed by atoms with Crippen LogP contribution < -0.4 is 11.1 Å². The zero-order valence-corrected chi connectivity index (χ0v) is 7.18. The van der Waals surface area contributed by atoms with Crippen LogP contribution in [0, 0.1) is 5.92 Å². The summed E-state index contributed by atoms with van der Waals surface area (Å²) in [5.41, 5.74) is 5.58. The highest BCUT2D eigenvalue weighted by Crippen LogP contribution is 2.10. The molecule has 1 aliphatic rings. The molecule has 66 valence electrons. The predicted molar refractivity (Wildman–Crippen MR) is 45.4 cm³/mol. The summed E-state index contributed by atoms with van der Waals surface area (Å²) in [4.78, 5) is 0. The van der Waals surface area contributed by atoms with Crippen molar-refractivity contribution in [2.75, 3.05) is 26.3 Å². The minimum absolute atomic E-state index is 0.261. The van der Waals surface area contributed by atoms with Crippen molar-refractivity contribution in [3.8, 4) is 0 Å². The molecule has 3 nitrogen and oxygen atoms in total. The molecule has 3 N–H and O–H groups in total. The van der Waals surface area contributed by atoms with Gasteiger partial charge < -0.3 is 15.8 Å². The second kappa shape index (κ2) is 4.70. The first-order chi connectivity index (χ1) is 5.29. The van der Waals surface area contributed by atoms with Crippen molar-refractivity contribution in [3.63, 3.8) is 0 Å². The first-order valence-corrected chi connectivity index (χ1v) is 4.33. The van der Waals surface area contributed by atoms with Gasteiger partial charge in [-0.1, -0.05) is 0 Å². The van der Waals surface area contributed by atoms with Crippen LogP contribution in [0.4, 0.5) is 0 Å². The summed E-state index contributed by atoms with van der Waals surface area (Å²) in [5.74, 6) is 0.716. The monoisotopic (exact) mass is 158 g/mol. The predicted octanol–water partition coefficient (Wildman–Crippen LogP) is -0.0403. The zero-order valence-electron chi connectivity index (χ0n) is 7.18. The van der Waals surface area contributed by atoms with E-state index in [1.165, 1.54) is 6.42 Å². The Bertz CT molecular complexity index is 100. The van der Waals surface area contributed by atoms with Crippen molar-refractivity contribution in [2.45, 2.75) is 19.4 Å². The number of hydrogen-bond donors (Lipinski definition) is 2. The van der Waals surface area contributed by atoms with Crippen LogP contribution in [0.25, 0.3) is 0 Å². The van der Waals surface area contributed by atoms with E-state index in [0.29, 0.717) is 5.92 Å². The largest absolute Gasteiger partial charge is 0.381 e. The molecule has 0 radical (unpaired) electrons. The molecule has 0 saturated carbocycles. The van der Waals surface area contributed by atoms with Crippen molar-refractivity contribution in [1.29, 1.82) is 0 Å². The highest BCUT2D eigenvalue weighted by Gasteiger charge is 2.14. The van der Waals surface area contributed by atoms with Crippen LogP contribution in [0.15, 0.2) is 0 Å². The van der Waals surface area contributed by atoms with Crippen molar-refractivity contribution in [2.24, 2.45) is 11.7 Å². The topological polar surface area (TPSA) is 47.3 Å². The fourth-order valence-electron chi connectivity index (χ4n) is 1.26. The van der Waals surface area contributed by atoms with E-state index in [2.05, 4.69) is 5.32 Å². The molecule has 0 aliphatic carbocycles. The SMILES string of the molecule is CC(N)CNCC1CCOC1. The van der Waals surface area contributed by atoms with Gasteiger partial charge in [0.15, 0.2) is 0 Å². The first kappa shape index (κ1) is 8.97. The number of nitrogens with one attached hydrogen (secondary N) is 1. The van der Waals surface area contributed by atoms with E-state index in [0.717, 1.165) is 26.3 Å². The summed E-state index contributed by atoms with van der Waals surface area (Å²) in [7, 11) is 0. The molecule has 1 rings (SSSR count). The van der Waals surface area contributed by atoms with Crippen LogP contribution in [0.3, 0.4) is 0 Å². The molecule has 0 aromatic rings. The fourth-order valence-corrected chi connectivity index (χ4v) is 1.26. The van der Waals surface area contributed by atoms with E-state index in [4.69, 9.17) is 10.5 Å². The van der Waals surface area contributed by atoms with Crippen LogP contribution in [0.2, 0.25) is 0 Å². The van der Waals surface area contributed by atoms with E-state index < -0.39 is 0 Å². The lowest BCUT2D eigenvalue weighted by atomic mass is 10.1. The Morgan fingerprint density at radius 1 is 1.73 bits per heavy atom. The normalized spacial score (nSPS) is 27.3. The molecule has 11 heavy (non-hydrogen) atoms. The van der Waals surface area contributed by atoms with Gasteiger partial charge in [0.2, 0.25) is 0 Å². The lowest BCUT2D eigenvalue weighted by Crippen LogP contribution is -2.34. The maximum absolute atomic E-state index is 5.58. The van der Waals surface area contributed by atoms with Gasteiger partial charge in [0, 0.05) is 25.7 Å². The molecule has 0 amide bonds. The maximum atomic E-state index is 5.58. The van der Waals surface area contributed by atoms with Gasteiger partial charge in [-0.3, -0.25) is 0 Å². The van der Waals surface area contributed by atoms with Gasteiger partial charge in [-0.05, 0) is 19.3 Å². The van der Waals surface area contributed by atoms with Gasteiger partial charge in [0.1, 0.15) is 0 Å². The quantitative estimate of drug-likeness (QED) is 0.603. The van der Waals surface area contributed by atoms with Gasteiger partial charge in [-0.2, -0.15) is 0 Å². The molecule has 1 saturated heterocycles. The Labute approximate surface area is 68.3 Å². The minimum Gasteiger partial charge on any atom is -0.381 e. The Morgan fingerprint density at radius 3 is 3.09 bits per heavy atom. The van der Waals surface area contributed by atoms with Crippen molar-refractivity contribution >= 4 is 0 Å². The summed E-state index contributed by atoms with van der Waals surface area (Å²) in [5, 5.41) is 3.32. The van der Waals surface area contributed by atoms with Crippen LogP contribution in [-0.4, -0.2) is 32.3 Å². The van der Waals surface area contributed by atoms with Crippen molar-refractivity contribution in [1.82, 2.24) is 5.32 Å². The number of rotatable bonds is 4. The van der Waals surface area contributed by atoms with Crippen molar-refractivity contribution < 1.29 is 4.74 Å². The van der Waals surface area contributed by atoms with Gasteiger partial charge >= 0.3 is 0 Å². The Kier molecular flexibility index (Phi) is 3.83. The second-order valence-electron chi connectivity index (χ2n) is 3.37. The van der Waals surface area contributed by atoms with Crippen molar-refractivity contribution in [3.05, 3.63) is 0 Å². The third-order valence-electron chi connectivity index (χ3n) is 1.92. The Morgan fingerprint density at radius 2 is 2.55 bits per heavy atom. The summed E-state index contributed by atoms with van der Waals surface area (Å²) in [6.45, 7) is 5.84. The number of nitrogens with two attached hydrogens (primary N) is 1. The fraction of sp³-hybridized carbons (Fsp3) is 1.00. The molecule has 2 atom stereocenters. The van der Waals surface area contributed by atoms with E-state index in [-0.39, 0.29) is 6.04 Å². The molecular formula is C8H18N2O. The first-order valence-electron chi connectivity index (χ1n) is 4.33. The van der Waals surface area contributed by atoms with Crippen LogP contribution in [0.5, 0.6) is 0 Å². The molecule has 2 unspecified atom stereocenters. The summed E-state index contributed by atoms with van der Waals surface area (Å²) in [6, 6.07) is 0.261. The third-order valence-corrected chi connectivity index (χ3v) is 1.92. The molecule has 0 aromatic carbocycles. The average Bonchev–Trinajstić information content (AvgIpc) is 2.39. The summed E-state index contributed by atoms with van der Waals surface area (Å²) >= 11 is 0. The summed E-state index contributed by atoms with van der Waals surface area (Å²) in [6.07, 6.45) is 1.20. The molecular weight excluding hydrogens is 140 g/mol. The standard InChI is InChI=1S/C8H18N2O/c1-7(9)4-10-5-8-2-3-11-6-8/h7-8,10H,2-6,9H2,1H3. The van der Waals surface area contributed by atoms with Gasteiger partial charge in [-0.25, -0.2) is 0 Å². The summed E-state index contributed by atoms with van der Waals surface area (Å²) < 4.78 is 5.24. The van der Waals surface area contributed by atoms with Gasteiger partial charge in [0.25, 0.3) is 0 Å². The van der Waals surface area contributed by atoms with E-state index in [1.54, 1.807) is 0 Å². The molecule has 0 aromatic heterocycles. The van der Waals surface area contributed by atoms with Crippen LogP contribution >= 0.6 is 0 Å². The third kappa shape index (κ3) is 3.70. The highest BCUT2D eigenvalue weighted by atomic mass is 16.5. The second-order valence-corrected chi connectivity index (χ2v) is 3.37. The molecule has 0 spiro atoms. The van der Waals surface area contributed by atoms with E-state index >= 15 is 0 Å². The number of ether oxygens (including phenoxy) is 1. The zero-order chi connectivity index (χ0) is 8.10. The Balaban J connectivity index is 1.94. The number of hydrogen-bond acceptors (Lipinski definition) is 3. The molecule has 1 fully saturated rings. The van der Waals surface area contributed by atoms with Gasteiger partial charge in [0.05, 0.1) is 6.61 Å². The molecule has 3 heteroatoms. The average molecular weight is 158 g/mol. The highest BCUT2D eigenvalue weighted by molar-refractivity contribution is 4.68. The lowest BCUT2D eigenvalue weighted by molar-refractivity contribution is 0.185. The van der Waals surface area contributed by atoms with Crippen LogP contribution in [0.1, 0.15) is 13.3 Å². The van der Waals surface area contributed by atoms with Crippen LogP contribution in [-0.2, 0) is 4.74 Å². The lowest BCUT2D eigenvalue weighted by Gasteiger charge is -2.10. The minimum atomic E-state index is 0.261. The van der Waals surface area contributed by atoms with Gasteiger partial charge in [-0.15, -0.1) is 0 Å². The van der Waals surface area contributed by atoms with E-state index in [9.17, 15) is 0 Å². The molecule has 1 heterocycles. The smallest absolute Gasteiger partial charge is 0.0507 e.